The average Bonchev–Trinajstić information content (AvgIpc) is 3.22. The second kappa shape index (κ2) is 10.4. The van der Waals surface area contributed by atoms with Gasteiger partial charge < -0.3 is 9.47 Å². The Morgan fingerprint density at radius 2 is 2.07 bits per heavy atom. The maximum Gasteiger partial charge on any atom is 0.203 e. The fraction of sp³-hybridized carbons (Fsp3) is 0.217. The largest absolute Gasteiger partial charge is 0.493 e. The van der Waals surface area contributed by atoms with Gasteiger partial charge in [0.15, 0.2) is 11.5 Å². The molecule has 0 spiro atoms. The van der Waals surface area contributed by atoms with Crippen molar-refractivity contribution in [3.05, 3.63) is 71.6 Å². The van der Waals surface area contributed by atoms with Gasteiger partial charge in [-0.1, -0.05) is 43.3 Å². The number of methoxy groups -OCH3 is 1. The van der Waals surface area contributed by atoms with Gasteiger partial charge in [0.1, 0.15) is 0 Å². The molecule has 0 bridgehead atoms. The van der Waals surface area contributed by atoms with Crippen molar-refractivity contribution in [2.75, 3.05) is 19.1 Å². The maximum atomic E-state index is 5.89. The molecule has 29 heavy (non-hydrogen) atoms. The van der Waals surface area contributed by atoms with Gasteiger partial charge in [-0.2, -0.15) is 5.10 Å². The Labute approximate surface area is 175 Å². The predicted molar refractivity (Wildman–Crippen MR) is 121 cm³/mol. The van der Waals surface area contributed by atoms with Gasteiger partial charge in [0.2, 0.25) is 5.13 Å². The van der Waals surface area contributed by atoms with Crippen LogP contribution in [0.25, 0.3) is 11.3 Å². The Morgan fingerprint density at radius 1 is 1.24 bits per heavy atom. The highest BCUT2D eigenvalue weighted by atomic mass is 32.1. The predicted octanol–water partition coefficient (Wildman–Crippen LogP) is 5.78. The first-order valence-electron chi connectivity index (χ1n) is 9.49. The molecule has 3 aromatic rings. The lowest BCUT2D eigenvalue weighted by atomic mass is 10.1. The lowest BCUT2D eigenvalue weighted by Crippen LogP contribution is -2.03. The van der Waals surface area contributed by atoms with E-state index in [0.717, 1.165) is 39.7 Å². The number of nitrogens with one attached hydrogen (secondary N) is 1. The normalized spacial score (nSPS) is 10.8. The van der Waals surface area contributed by atoms with Crippen LogP contribution in [0.15, 0.2) is 65.6 Å². The first-order chi connectivity index (χ1) is 14.2. The van der Waals surface area contributed by atoms with E-state index in [-0.39, 0.29) is 0 Å². The van der Waals surface area contributed by atoms with Crippen LogP contribution >= 0.6 is 11.3 Å². The van der Waals surface area contributed by atoms with Gasteiger partial charge in [-0.15, -0.1) is 17.9 Å². The molecule has 0 saturated heterocycles. The summed E-state index contributed by atoms with van der Waals surface area (Å²) in [5.41, 5.74) is 6.96. The average molecular weight is 408 g/mol. The van der Waals surface area contributed by atoms with Crippen molar-refractivity contribution in [3.8, 4) is 22.8 Å². The van der Waals surface area contributed by atoms with Crippen LogP contribution in [0.1, 0.15) is 24.5 Å². The van der Waals surface area contributed by atoms with Crippen LogP contribution in [0.3, 0.4) is 0 Å². The highest BCUT2D eigenvalue weighted by molar-refractivity contribution is 7.14. The monoisotopic (exact) mass is 407 g/mol. The number of nitrogens with zero attached hydrogens (tertiary/aromatic N) is 2. The van der Waals surface area contributed by atoms with E-state index in [9.17, 15) is 0 Å². The summed E-state index contributed by atoms with van der Waals surface area (Å²) < 4.78 is 11.4. The minimum atomic E-state index is 0.642. The van der Waals surface area contributed by atoms with Crippen LogP contribution in [-0.2, 0) is 6.42 Å². The zero-order valence-electron chi connectivity index (χ0n) is 16.7. The summed E-state index contributed by atoms with van der Waals surface area (Å²) in [5.74, 6) is 1.46. The third-order valence-corrected chi connectivity index (χ3v) is 4.88. The molecule has 0 atom stereocenters. The Balaban J connectivity index is 1.75. The highest BCUT2D eigenvalue weighted by Crippen LogP contribution is 2.33. The van der Waals surface area contributed by atoms with Crippen molar-refractivity contribution in [1.82, 2.24) is 4.98 Å². The molecule has 1 aromatic heterocycles. The van der Waals surface area contributed by atoms with E-state index in [1.165, 1.54) is 11.3 Å². The van der Waals surface area contributed by atoms with E-state index in [1.807, 2.05) is 53.9 Å². The fourth-order valence-corrected chi connectivity index (χ4v) is 3.48. The van der Waals surface area contributed by atoms with E-state index >= 15 is 0 Å². The SMILES string of the molecule is C=CCc1cc(C=NNc2nc(-c3ccccc3)cs2)cc(OC)c1OCCC. The van der Waals surface area contributed by atoms with Gasteiger partial charge in [-0.05, 0) is 30.5 Å². The summed E-state index contributed by atoms with van der Waals surface area (Å²) in [5, 5.41) is 7.09. The molecule has 0 aliphatic carbocycles. The molecule has 0 unspecified atom stereocenters. The molecule has 0 saturated carbocycles. The Morgan fingerprint density at radius 3 is 2.79 bits per heavy atom. The smallest absolute Gasteiger partial charge is 0.203 e. The molecule has 6 heteroatoms. The number of aromatic nitrogens is 1. The van der Waals surface area contributed by atoms with Crippen LogP contribution in [0.2, 0.25) is 0 Å². The van der Waals surface area contributed by atoms with Crippen LogP contribution in [0.5, 0.6) is 11.5 Å². The molecule has 1 heterocycles. The summed E-state index contributed by atoms with van der Waals surface area (Å²) in [6, 6.07) is 14.0. The first kappa shape index (κ1) is 20.6. The Hall–Kier alpha value is -3.12. The van der Waals surface area contributed by atoms with Gasteiger partial charge in [0.05, 0.1) is 25.6 Å². The molecule has 2 aromatic carbocycles. The third kappa shape index (κ3) is 5.45. The number of thiazole rings is 1. The summed E-state index contributed by atoms with van der Waals surface area (Å²) in [6.45, 7) is 6.56. The molecule has 0 aliphatic rings. The van der Waals surface area contributed by atoms with Crippen molar-refractivity contribution in [1.29, 1.82) is 0 Å². The van der Waals surface area contributed by atoms with E-state index < -0.39 is 0 Å². The third-order valence-electron chi connectivity index (χ3n) is 4.14. The summed E-state index contributed by atoms with van der Waals surface area (Å²) >= 11 is 1.52. The van der Waals surface area contributed by atoms with Crippen molar-refractivity contribution in [2.24, 2.45) is 5.10 Å². The zero-order chi connectivity index (χ0) is 20.5. The lowest BCUT2D eigenvalue weighted by Gasteiger charge is -2.15. The molecule has 0 radical (unpaired) electrons. The van der Waals surface area contributed by atoms with Crippen molar-refractivity contribution >= 4 is 22.7 Å². The summed E-state index contributed by atoms with van der Waals surface area (Å²) in [6.07, 6.45) is 5.23. The van der Waals surface area contributed by atoms with E-state index in [2.05, 4.69) is 29.0 Å². The minimum Gasteiger partial charge on any atom is -0.493 e. The lowest BCUT2D eigenvalue weighted by molar-refractivity contribution is 0.291. The standard InChI is InChI=1S/C23H25N3O2S/c1-4-9-19-13-17(14-21(27-3)22(19)28-12-5-2)15-24-26-23-25-20(16-29-23)18-10-7-6-8-11-18/h4,6-8,10-11,13-16H,1,5,9,12H2,2-3H3,(H,25,26). The van der Waals surface area contributed by atoms with Crippen molar-refractivity contribution < 1.29 is 9.47 Å². The molecular formula is C23H25N3O2S. The van der Waals surface area contributed by atoms with E-state index in [1.54, 1.807) is 13.3 Å². The number of ether oxygens (including phenoxy) is 2. The van der Waals surface area contributed by atoms with Crippen molar-refractivity contribution in [3.63, 3.8) is 0 Å². The number of anilines is 1. The molecule has 150 valence electrons. The number of rotatable bonds is 10. The molecule has 3 rings (SSSR count). The van der Waals surface area contributed by atoms with Gasteiger partial charge in [-0.3, -0.25) is 5.43 Å². The van der Waals surface area contributed by atoms with Crippen LogP contribution in [0, 0.1) is 0 Å². The second-order valence-corrected chi connectivity index (χ2v) is 7.18. The zero-order valence-corrected chi connectivity index (χ0v) is 17.5. The summed E-state index contributed by atoms with van der Waals surface area (Å²) in [4.78, 5) is 4.58. The van der Waals surface area contributed by atoms with Gasteiger partial charge in [0.25, 0.3) is 0 Å². The maximum absolute atomic E-state index is 5.89. The highest BCUT2D eigenvalue weighted by Gasteiger charge is 2.12. The summed E-state index contributed by atoms with van der Waals surface area (Å²) in [7, 11) is 1.64. The number of hydrogen-bond donors (Lipinski definition) is 1. The topological polar surface area (TPSA) is 55.7 Å². The molecule has 5 nitrogen and oxygen atoms in total. The van der Waals surface area contributed by atoms with Gasteiger partial charge >= 0.3 is 0 Å². The van der Waals surface area contributed by atoms with Crippen LogP contribution in [0.4, 0.5) is 5.13 Å². The Bertz CT molecular complexity index is 968. The van der Waals surface area contributed by atoms with E-state index in [4.69, 9.17) is 9.47 Å². The number of hydrazone groups is 1. The molecule has 0 aliphatic heterocycles. The molecule has 0 amide bonds. The van der Waals surface area contributed by atoms with E-state index in [0.29, 0.717) is 18.8 Å². The van der Waals surface area contributed by atoms with Crippen LogP contribution < -0.4 is 14.9 Å². The molecular weight excluding hydrogens is 382 g/mol. The van der Waals surface area contributed by atoms with Crippen LogP contribution in [-0.4, -0.2) is 24.9 Å². The molecule has 1 N–H and O–H groups in total. The number of allylic oxidation sites excluding steroid dienone is 1. The first-order valence-corrected chi connectivity index (χ1v) is 10.4. The van der Waals surface area contributed by atoms with Crippen molar-refractivity contribution in [2.45, 2.75) is 19.8 Å². The second-order valence-electron chi connectivity index (χ2n) is 6.33. The fourth-order valence-electron chi connectivity index (χ4n) is 2.81. The Kier molecular flexibility index (Phi) is 7.41. The quantitative estimate of drug-likeness (QED) is 0.263. The minimum absolute atomic E-state index is 0.642. The van der Waals surface area contributed by atoms with Gasteiger partial charge in [-0.25, -0.2) is 4.98 Å². The number of benzene rings is 2. The molecule has 0 fully saturated rings. The van der Waals surface area contributed by atoms with Gasteiger partial charge in [0, 0.05) is 16.5 Å². The number of hydrogen-bond acceptors (Lipinski definition) is 6.